The van der Waals surface area contributed by atoms with Crippen LogP contribution in [0.15, 0.2) is 36.4 Å². The molecule has 22 heavy (non-hydrogen) atoms. The summed E-state index contributed by atoms with van der Waals surface area (Å²) in [5.41, 5.74) is 6.55. The number of rotatable bonds is 2. The largest absolute Gasteiger partial charge is 0.382 e. The van der Waals surface area contributed by atoms with Crippen LogP contribution in [0.25, 0.3) is 0 Å². The molecule has 7 nitrogen and oxygen atoms in total. The highest BCUT2D eigenvalue weighted by molar-refractivity contribution is 5.95. The van der Waals surface area contributed by atoms with Crippen molar-refractivity contribution in [1.82, 2.24) is 20.0 Å². The predicted molar refractivity (Wildman–Crippen MR) is 81.2 cm³/mol. The lowest BCUT2D eigenvalue weighted by Crippen LogP contribution is -2.50. The smallest absolute Gasteiger partial charge is 0.272 e. The van der Waals surface area contributed by atoms with Gasteiger partial charge < -0.3 is 15.5 Å². The van der Waals surface area contributed by atoms with Crippen LogP contribution in [0.2, 0.25) is 0 Å². The molecule has 2 aromatic rings. The van der Waals surface area contributed by atoms with Crippen molar-refractivity contribution in [3.63, 3.8) is 0 Å². The van der Waals surface area contributed by atoms with Crippen molar-refractivity contribution in [3.8, 4) is 0 Å². The number of piperazine rings is 1. The number of hydrogen-bond donors (Lipinski definition) is 2. The zero-order valence-corrected chi connectivity index (χ0v) is 12.0. The van der Waals surface area contributed by atoms with Crippen LogP contribution in [0.3, 0.4) is 0 Å². The van der Waals surface area contributed by atoms with E-state index < -0.39 is 0 Å². The van der Waals surface area contributed by atoms with E-state index in [1.54, 1.807) is 21.9 Å². The number of nitrogen functional groups attached to an aromatic ring is 1. The van der Waals surface area contributed by atoms with Crippen LogP contribution in [-0.4, -0.2) is 58.0 Å². The maximum absolute atomic E-state index is 12.3. The highest BCUT2D eigenvalue weighted by Crippen LogP contribution is 2.11. The molecule has 0 bridgehead atoms. The molecule has 0 radical (unpaired) electrons. The first-order valence-electron chi connectivity index (χ1n) is 7.09. The SMILES string of the molecule is Nc1cc(C(=O)N2CCN(C(=O)c3ccccc3)CC2)[nH]n1. The number of H-pyrrole nitrogens is 1. The molecule has 0 saturated carbocycles. The lowest BCUT2D eigenvalue weighted by molar-refractivity contribution is 0.0532. The topological polar surface area (TPSA) is 95.3 Å². The summed E-state index contributed by atoms with van der Waals surface area (Å²) in [4.78, 5) is 28.1. The number of nitrogens with two attached hydrogens (primary N) is 1. The molecule has 3 N–H and O–H groups in total. The van der Waals surface area contributed by atoms with Gasteiger partial charge in [0.1, 0.15) is 11.5 Å². The monoisotopic (exact) mass is 299 g/mol. The fourth-order valence-electron chi connectivity index (χ4n) is 2.49. The Balaban J connectivity index is 1.61. The maximum Gasteiger partial charge on any atom is 0.272 e. The van der Waals surface area contributed by atoms with E-state index in [4.69, 9.17) is 5.73 Å². The molecule has 2 heterocycles. The first-order valence-corrected chi connectivity index (χ1v) is 7.09. The van der Waals surface area contributed by atoms with E-state index in [1.807, 2.05) is 18.2 Å². The summed E-state index contributed by atoms with van der Waals surface area (Å²) in [5.74, 6) is 0.149. The minimum Gasteiger partial charge on any atom is -0.382 e. The minimum absolute atomic E-state index is 0.00140. The van der Waals surface area contributed by atoms with Crippen molar-refractivity contribution in [2.45, 2.75) is 0 Å². The number of aromatic nitrogens is 2. The van der Waals surface area contributed by atoms with Gasteiger partial charge in [-0.2, -0.15) is 5.10 Å². The Kier molecular flexibility index (Phi) is 3.78. The summed E-state index contributed by atoms with van der Waals surface area (Å²) >= 11 is 0. The molecule has 1 fully saturated rings. The second kappa shape index (κ2) is 5.88. The first kappa shape index (κ1) is 14.1. The molecule has 1 aromatic heterocycles. The van der Waals surface area contributed by atoms with E-state index in [-0.39, 0.29) is 11.8 Å². The molecule has 1 aromatic carbocycles. The number of carbonyl (C=O) groups is 2. The second-order valence-electron chi connectivity index (χ2n) is 5.16. The molecule has 114 valence electrons. The van der Waals surface area contributed by atoms with Crippen molar-refractivity contribution in [1.29, 1.82) is 0 Å². The van der Waals surface area contributed by atoms with Crippen molar-refractivity contribution in [2.75, 3.05) is 31.9 Å². The van der Waals surface area contributed by atoms with Crippen molar-refractivity contribution >= 4 is 17.6 Å². The molecule has 3 rings (SSSR count). The third-order valence-corrected chi connectivity index (χ3v) is 3.70. The van der Waals surface area contributed by atoms with Crippen LogP contribution in [0.1, 0.15) is 20.8 Å². The molecule has 1 saturated heterocycles. The van der Waals surface area contributed by atoms with Gasteiger partial charge in [-0.1, -0.05) is 18.2 Å². The van der Waals surface area contributed by atoms with E-state index >= 15 is 0 Å². The Morgan fingerprint density at radius 1 is 1.00 bits per heavy atom. The summed E-state index contributed by atoms with van der Waals surface area (Å²) < 4.78 is 0. The lowest BCUT2D eigenvalue weighted by atomic mass is 10.2. The summed E-state index contributed by atoms with van der Waals surface area (Å²) in [5, 5.41) is 6.37. The standard InChI is InChI=1S/C15H17N5O2/c16-13-10-12(17-18-13)15(22)20-8-6-19(7-9-20)14(21)11-4-2-1-3-5-11/h1-5,10H,6-9H2,(H3,16,17,18). The zero-order chi connectivity index (χ0) is 15.5. The highest BCUT2D eigenvalue weighted by atomic mass is 16.2. The second-order valence-corrected chi connectivity index (χ2v) is 5.16. The Bertz CT molecular complexity index is 674. The molecule has 7 heteroatoms. The van der Waals surface area contributed by atoms with Crippen LogP contribution >= 0.6 is 0 Å². The van der Waals surface area contributed by atoms with Crippen LogP contribution < -0.4 is 5.73 Å². The number of nitrogens with zero attached hydrogens (tertiary/aromatic N) is 3. The third kappa shape index (κ3) is 2.78. The van der Waals surface area contributed by atoms with Gasteiger partial charge in [0.15, 0.2) is 0 Å². The van der Waals surface area contributed by atoms with E-state index in [9.17, 15) is 9.59 Å². The number of carbonyl (C=O) groups excluding carboxylic acids is 2. The molecule has 1 aliphatic heterocycles. The third-order valence-electron chi connectivity index (χ3n) is 3.70. The molecular weight excluding hydrogens is 282 g/mol. The molecular formula is C15H17N5O2. The minimum atomic E-state index is -0.143. The first-order chi connectivity index (χ1) is 10.6. The molecule has 0 atom stereocenters. The van der Waals surface area contributed by atoms with Crippen LogP contribution in [0.5, 0.6) is 0 Å². The number of benzene rings is 1. The summed E-state index contributed by atoms with van der Waals surface area (Å²) in [6.45, 7) is 2.03. The van der Waals surface area contributed by atoms with Gasteiger partial charge in [-0.25, -0.2) is 0 Å². The van der Waals surface area contributed by atoms with Gasteiger partial charge in [0, 0.05) is 37.8 Å². The molecule has 0 spiro atoms. The van der Waals surface area contributed by atoms with Gasteiger partial charge in [-0.3, -0.25) is 14.7 Å². The zero-order valence-electron chi connectivity index (χ0n) is 12.0. The Labute approximate surface area is 127 Å². The van der Waals surface area contributed by atoms with Crippen LogP contribution in [0, 0.1) is 0 Å². The summed E-state index contributed by atoms with van der Waals surface area (Å²) in [7, 11) is 0. The number of nitrogens with one attached hydrogen (secondary N) is 1. The molecule has 0 aliphatic carbocycles. The van der Waals surface area contributed by atoms with Gasteiger partial charge >= 0.3 is 0 Å². The van der Waals surface area contributed by atoms with E-state index in [0.29, 0.717) is 43.3 Å². The maximum atomic E-state index is 12.3. The fourth-order valence-corrected chi connectivity index (χ4v) is 2.49. The van der Waals surface area contributed by atoms with E-state index in [0.717, 1.165) is 0 Å². The number of aromatic amines is 1. The van der Waals surface area contributed by atoms with Gasteiger partial charge in [0.2, 0.25) is 0 Å². The van der Waals surface area contributed by atoms with E-state index in [2.05, 4.69) is 10.2 Å². The molecule has 0 unspecified atom stereocenters. The van der Waals surface area contributed by atoms with Crippen molar-refractivity contribution < 1.29 is 9.59 Å². The molecule has 1 aliphatic rings. The number of anilines is 1. The lowest BCUT2D eigenvalue weighted by Gasteiger charge is -2.34. The van der Waals surface area contributed by atoms with Crippen molar-refractivity contribution in [3.05, 3.63) is 47.7 Å². The average Bonchev–Trinajstić information content (AvgIpc) is 3.01. The summed E-state index contributed by atoms with van der Waals surface area (Å²) in [6, 6.07) is 10.7. The van der Waals surface area contributed by atoms with Crippen LogP contribution in [0.4, 0.5) is 5.82 Å². The quantitative estimate of drug-likeness (QED) is 0.848. The van der Waals surface area contributed by atoms with Gasteiger partial charge in [0.25, 0.3) is 11.8 Å². The Hall–Kier alpha value is -2.83. The van der Waals surface area contributed by atoms with Gasteiger partial charge in [-0.15, -0.1) is 0 Å². The Morgan fingerprint density at radius 2 is 1.59 bits per heavy atom. The van der Waals surface area contributed by atoms with Gasteiger partial charge in [-0.05, 0) is 12.1 Å². The van der Waals surface area contributed by atoms with Crippen molar-refractivity contribution in [2.24, 2.45) is 0 Å². The average molecular weight is 299 g/mol. The predicted octanol–water partition coefficient (Wildman–Crippen LogP) is 0.590. The normalized spacial score (nSPS) is 14.9. The van der Waals surface area contributed by atoms with Gasteiger partial charge in [0.05, 0.1) is 0 Å². The summed E-state index contributed by atoms with van der Waals surface area (Å²) in [6.07, 6.45) is 0. The number of hydrogen-bond acceptors (Lipinski definition) is 4. The molecule has 2 amide bonds. The Morgan fingerprint density at radius 3 is 2.14 bits per heavy atom. The fraction of sp³-hybridized carbons (Fsp3) is 0.267. The van der Waals surface area contributed by atoms with E-state index in [1.165, 1.54) is 6.07 Å². The highest BCUT2D eigenvalue weighted by Gasteiger charge is 2.26. The number of amides is 2. The van der Waals surface area contributed by atoms with Crippen LogP contribution in [-0.2, 0) is 0 Å².